The molecule has 0 bridgehead atoms. The number of hydrogen-bond acceptors (Lipinski definition) is 3. The lowest BCUT2D eigenvalue weighted by atomic mass is 10.1. The first-order valence-corrected chi connectivity index (χ1v) is 8.54. The van der Waals surface area contributed by atoms with Crippen molar-refractivity contribution in [2.24, 2.45) is 5.73 Å². The molecule has 0 saturated heterocycles. The summed E-state index contributed by atoms with van der Waals surface area (Å²) in [4.78, 5) is 0.354. The van der Waals surface area contributed by atoms with Crippen LogP contribution in [0.4, 0.5) is 0 Å². The van der Waals surface area contributed by atoms with Crippen molar-refractivity contribution in [2.45, 2.75) is 29.9 Å². The average molecular weight is 312 g/mol. The van der Waals surface area contributed by atoms with Crippen molar-refractivity contribution in [1.82, 2.24) is 0 Å². The van der Waals surface area contributed by atoms with E-state index in [2.05, 4.69) is 0 Å². The van der Waals surface area contributed by atoms with E-state index in [0.29, 0.717) is 29.3 Å². The van der Waals surface area contributed by atoms with Gasteiger partial charge in [0.1, 0.15) is 0 Å². The topological polar surface area (TPSA) is 60.2 Å². The zero-order valence-corrected chi connectivity index (χ0v) is 12.9. The van der Waals surface area contributed by atoms with Gasteiger partial charge in [0.25, 0.3) is 0 Å². The van der Waals surface area contributed by atoms with E-state index >= 15 is 0 Å². The minimum absolute atomic E-state index is 0.354. The summed E-state index contributed by atoms with van der Waals surface area (Å²) in [6.07, 6.45) is 1.05. The quantitative estimate of drug-likeness (QED) is 0.920. The van der Waals surface area contributed by atoms with Gasteiger partial charge in [0.2, 0.25) is 0 Å². The molecule has 1 unspecified atom stereocenters. The maximum Gasteiger partial charge on any atom is 0.181 e. The molecule has 2 aromatic carbocycles. The number of benzene rings is 2. The van der Waals surface area contributed by atoms with Crippen LogP contribution in [0.2, 0.25) is 5.02 Å². The van der Waals surface area contributed by atoms with Crippen LogP contribution in [0.15, 0.2) is 41.3 Å². The zero-order valence-electron chi connectivity index (χ0n) is 11.3. The molecule has 108 valence electrons. The van der Waals surface area contributed by atoms with Crippen LogP contribution in [-0.2, 0) is 9.84 Å². The van der Waals surface area contributed by atoms with E-state index < -0.39 is 15.1 Å². The number of nitrogens with two attached hydrogens (primary N) is 1. The van der Waals surface area contributed by atoms with Gasteiger partial charge in [0, 0.05) is 5.02 Å². The van der Waals surface area contributed by atoms with E-state index in [-0.39, 0.29) is 0 Å². The van der Waals surface area contributed by atoms with Crippen LogP contribution in [0.5, 0.6) is 0 Å². The van der Waals surface area contributed by atoms with Gasteiger partial charge in [-0.05, 0) is 54.4 Å². The van der Waals surface area contributed by atoms with Gasteiger partial charge in [0.05, 0.1) is 10.1 Å². The molecule has 1 atom stereocenters. The van der Waals surface area contributed by atoms with Gasteiger partial charge in [-0.3, -0.25) is 0 Å². The van der Waals surface area contributed by atoms with Crippen molar-refractivity contribution in [3.8, 4) is 0 Å². The van der Waals surface area contributed by atoms with E-state index in [9.17, 15) is 8.42 Å². The molecule has 0 saturated carbocycles. The summed E-state index contributed by atoms with van der Waals surface area (Å²) in [5, 5.41) is 2.03. The van der Waals surface area contributed by atoms with Gasteiger partial charge in [-0.1, -0.05) is 30.7 Å². The molecule has 2 aromatic rings. The highest BCUT2D eigenvalue weighted by Crippen LogP contribution is 2.26. The maximum absolute atomic E-state index is 12.6. The molecule has 0 aliphatic carbocycles. The van der Waals surface area contributed by atoms with E-state index in [0.717, 1.165) is 10.8 Å². The minimum atomic E-state index is -3.33. The van der Waals surface area contributed by atoms with Crippen LogP contribution in [0.3, 0.4) is 0 Å². The molecule has 5 heteroatoms. The average Bonchev–Trinajstić information content (AvgIpc) is 2.43. The molecule has 20 heavy (non-hydrogen) atoms. The standard InChI is InChI=1S/C15H18ClNO2S/c1-2-14(7-8-17)20(18,19)15-6-4-11-9-13(16)5-3-12(11)10-15/h3-6,9-10,14H,2,7-8,17H2,1H3. The minimum Gasteiger partial charge on any atom is -0.330 e. The molecule has 0 aliphatic rings. The highest BCUT2D eigenvalue weighted by molar-refractivity contribution is 7.92. The predicted molar refractivity (Wildman–Crippen MR) is 83.9 cm³/mol. The summed E-state index contributed by atoms with van der Waals surface area (Å²) in [7, 11) is -3.33. The highest BCUT2D eigenvalue weighted by Gasteiger charge is 2.25. The van der Waals surface area contributed by atoms with Gasteiger partial charge in [-0.15, -0.1) is 0 Å². The molecule has 3 nitrogen and oxygen atoms in total. The predicted octanol–water partition coefficient (Wildman–Crippen LogP) is 3.39. The number of halogens is 1. The van der Waals surface area contributed by atoms with Crippen LogP contribution in [0.1, 0.15) is 19.8 Å². The molecule has 2 rings (SSSR count). The Kier molecular flexibility index (Phi) is 4.68. The Morgan fingerprint density at radius 1 is 1.15 bits per heavy atom. The van der Waals surface area contributed by atoms with E-state index in [1.54, 1.807) is 24.3 Å². The molecule has 0 fully saturated rings. The first kappa shape index (κ1) is 15.3. The third-order valence-electron chi connectivity index (χ3n) is 3.49. The van der Waals surface area contributed by atoms with Gasteiger partial charge in [-0.25, -0.2) is 8.42 Å². The van der Waals surface area contributed by atoms with E-state index in [1.807, 2.05) is 19.1 Å². The monoisotopic (exact) mass is 311 g/mol. The number of rotatable bonds is 5. The third-order valence-corrected chi connectivity index (χ3v) is 6.08. The zero-order chi connectivity index (χ0) is 14.8. The van der Waals surface area contributed by atoms with Crippen molar-refractivity contribution < 1.29 is 8.42 Å². The Morgan fingerprint density at radius 3 is 2.45 bits per heavy atom. The van der Waals surface area contributed by atoms with Crippen LogP contribution in [-0.4, -0.2) is 20.2 Å². The van der Waals surface area contributed by atoms with Gasteiger partial charge < -0.3 is 5.73 Å². The van der Waals surface area contributed by atoms with Gasteiger partial charge >= 0.3 is 0 Å². The lowest BCUT2D eigenvalue weighted by Gasteiger charge is -2.15. The summed E-state index contributed by atoms with van der Waals surface area (Å²) in [6, 6.07) is 10.6. The second kappa shape index (κ2) is 6.12. The summed E-state index contributed by atoms with van der Waals surface area (Å²) in [6.45, 7) is 2.25. The van der Waals surface area contributed by atoms with Gasteiger partial charge in [-0.2, -0.15) is 0 Å². The number of hydrogen-bond donors (Lipinski definition) is 1. The molecule has 0 spiro atoms. The largest absolute Gasteiger partial charge is 0.330 e. The SMILES string of the molecule is CCC(CCN)S(=O)(=O)c1ccc2cc(Cl)ccc2c1. The summed E-state index contributed by atoms with van der Waals surface area (Å²) in [5.41, 5.74) is 5.51. The normalized spacial score (nSPS) is 13.6. The number of fused-ring (bicyclic) bond motifs is 1. The Hall–Kier alpha value is -1.10. The Morgan fingerprint density at radius 2 is 1.80 bits per heavy atom. The Labute approximate surface area is 124 Å². The smallest absolute Gasteiger partial charge is 0.181 e. The molecule has 0 radical (unpaired) electrons. The Bertz CT molecular complexity index is 713. The third kappa shape index (κ3) is 2.97. The molecular formula is C15H18ClNO2S. The van der Waals surface area contributed by atoms with Crippen LogP contribution >= 0.6 is 11.6 Å². The fraction of sp³-hybridized carbons (Fsp3) is 0.333. The molecule has 0 aliphatic heterocycles. The maximum atomic E-state index is 12.6. The van der Waals surface area contributed by atoms with Crippen molar-refractivity contribution in [2.75, 3.05) is 6.54 Å². The summed E-state index contributed by atoms with van der Waals surface area (Å²) >= 11 is 5.93. The van der Waals surface area contributed by atoms with Gasteiger partial charge in [0.15, 0.2) is 9.84 Å². The van der Waals surface area contributed by atoms with Crippen molar-refractivity contribution in [1.29, 1.82) is 0 Å². The fourth-order valence-corrected chi connectivity index (χ4v) is 4.33. The van der Waals surface area contributed by atoms with Crippen molar-refractivity contribution in [3.05, 3.63) is 41.4 Å². The molecule has 0 heterocycles. The first-order valence-electron chi connectivity index (χ1n) is 6.62. The van der Waals surface area contributed by atoms with Crippen molar-refractivity contribution in [3.63, 3.8) is 0 Å². The van der Waals surface area contributed by atoms with Crippen LogP contribution in [0.25, 0.3) is 10.8 Å². The second-order valence-electron chi connectivity index (χ2n) is 4.81. The van der Waals surface area contributed by atoms with Crippen LogP contribution in [0, 0.1) is 0 Å². The van der Waals surface area contributed by atoms with E-state index in [4.69, 9.17) is 17.3 Å². The molecule has 0 amide bonds. The van der Waals surface area contributed by atoms with Crippen molar-refractivity contribution >= 4 is 32.2 Å². The highest BCUT2D eigenvalue weighted by atomic mass is 35.5. The molecule has 2 N–H and O–H groups in total. The second-order valence-corrected chi connectivity index (χ2v) is 7.47. The lowest BCUT2D eigenvalue weighted by Crippen LogP contribution is -2.23. The summed E-state index contributed by atoms with van der Waals surface area (Å²) in [5.74, 6) is 0. The first-order chi connectivity index (χ1) is 9.48. The molecule has 0 aromatic heterocycles. The fourth-order valence-electron chi connectivity index (χ4n) is 2.33. The van der Waals surface area contributed by atoms with Crippen LogP contribution < -0.4 is 5.73 Å². The Balaban J connectivity index is 2.49. The number of sulfone groups is 1. The lowest BCUT2D eigenvalue weighted by molar-refractivity contribution is 0.567. The molecular weight excluding hydrogens is 294 g/mol. The summed E-state index contributed by atoms with van der Waals surface area (Å²) < 4.78 is 25.2. The van der Waals surface area contributed by atoms with E-state index in [1.165, 1.54) is 0 Å².